The number of rotatable bonds is 6. The predicted octanol–water partition coefficient (Wildman–Crippen LogP) is 2.14. The second-order valence-corrected chi connectivity index (χ2v) is 4.42. The minimum atomic E-state index is 0.400. The predicted molar refractivity (Wildman–Crippen MR) is 68.3 cm³/mol. The molecule has 0 amide bonds. The van der Waals surface area contributed by atoms with Crippen molar-refractivity contribution in [3.63, 3.8) is 0 Å². The molecule has 2 N–H and O–H groups in total. The Bertz CT molecular complexity index is 335. The molecule has 0 radical (unpaired) electrons. The van der Waals surface area contributed by atoms with Crippen molar-refractivity contribution >= 4 is 0 Å². The van der Waals surface area contributed by atoms with Crippen LogP contribution in [0.5, 0.6) is 5.75 Å². The van der Waals surface area contributed by atoms with E-state index < -0.39 is 0 Å². The molecule has 1 saturated heterocycles. The van der Waals surface area contributed by atoms with Crippen LogP contribution in [0, 0.1) is 0 Å². The number of nitrogens with two attached hydrogens (primary N) is 1. The zero-order valence-corrected chi connectivity index (χ0v) is 10.2. The van der Waals surface area contributed by atoms with Crippen molar-refractivity contribution in [2.75, 3.05) is 19.8 Å². The maximum Gasteiger partial charge on any atom is 0.122 e. The first-order chi connectivity index (χ1) is 8.40. The van der Waals surface area contributed by atoms with E-state index in [-0.39, 0.29) is 0 Å². The summed E-state index contributed by atoms with van der Waals surface area (Å²) in [5, 5.41) is 0. The van der Waals surface area contributed by atoms with Crippen molar-refractivity contribution in [2.45, 2.75) is 31.8 Å². The van der Waals surface area contributed by atoms with Gasteiger partial charge in [-0.2, -0.15) is 0 Å². The highest BCUT2D eigenvalue weighted by atomic mass is 16.5. The van der Waals surface area contributed by atoms with Crippen LogP contribution in [-0.2, 0) is 11.2 Å². The highest BCUT2D eigenvalue weighted by Gasteiger charge is 2.15. The molecule has 0 aromatic heterocycles. The Kier molecular flexibility index (Phi) is 4.83. The van der Waals surface area contributed by atoms with Crippen LogP contribution in [0.25, 0.3) is 0 Å². The Morgan fingerprint density at radius 1 is 1.35 bits per heavy atom. The molecule has 0 aliphatic carbocycles. The first kappa shape index (κ1) is 12.4. The molecule has 1 aliphatic heterocycles. The third-order valence-electron chi connectivity index (χ3n) is 3.11. The second-order valence-electron chi connectivity index (χ2n) is 4.42. The lowest BCUT2D eigenvalue weighted by Crippen LogP contribution is -2.12. The monoisotopic (exact) mass is 235 g/mol. The molecule has 0 saturated carbocycles. The maximum absolute atomic E-state index is 5.82. The molecular weight excluding hydrogens is 214 g/mol. The first-order valence-electron chi connectivity index (χ1n) is 6.42. The zero-order valence-electron chi connectivity index (χ0n) is 10.2. The van der Waals surface area contributed by atoms with Crippen LogP contribution in [0.1, 0.15) is 24.8 Å². The van der Waals surface area contributed by atoms with E-state index in [1.165, 1.54) is 18.4 Å². The fourth-order valence-corrected chi connectivity index (χ4v) is 2.18. The van der Waals surface area contributed by atoms with Crippen molar-refractivity contribution in [1.82, 2.24) is 0 Å². The van der Waals surface area contributed by atoms with Gasteiger partial charge in [0.15, 0.2) is 0 Å². The number of para-hydroxylation sites is 1. The van der Waals surface area contributed by atoms with E-state index in [0.29, 0.717) is 12.6 Å². The highest BCUT2D eigenvalue weighted by Crippen LogP contribution is 2.20. The number of ether oxygens (including phenoxy) is 2. The summed E-state index contributed by atoms with van der Waals surface area (Å²) >= 11 is 0. The van der Waals surface area contributed by atoms with E-state index in [1.54, 1.807) is 0 Å². The Labute approximate surface area is 103 Å². The van der Waals surface area contributed by atoms with Gasteiger partial charge in [0.05, 0.1) is 12.7 Å². The topological polar surface area (TPSA) is 44.5 Å². The number of benzene rings is 1. The summed E-state index contributed by atoms with van der Waals surface area (Å²) < 4.78 is 11.4. The molecule has 1 unspecified atom stereocenters. The van der Waals surface area contributed by atoms with Gasteiger partial charge in [-0.3, -0.25) is 0 Å². The Balaban J connectivity index is 1.80. The van der Waals surface area contributed by atoms with Crippen LogP contribution < -0.4 is 10.5 Å². The van der Waals surface area contributed by atoms with Gasteiger partial charge in [-0.05, 0) is 37.4 Å². The van der Waals surface area contributed by atoms with Gasteiger partial charge >= 0.3 is 0 Å². The molecule has 1 aromatic rings. The van der Waals surface area contributed by atoms with Crippen molar-refractivity contribution in [1.29, 1.82) is 0 Å². The average Bonchev–Trinajstić information content (AvgIpc) is 2.85. The molecule has 1 fully saturated rings. The summed E-state index contributed by atoms with van der Waals surface area (Å²) in [5.41, 5.74) is 6.78. The Hall–Kier alpha value is -1.06. The fourth-order valence-electron chi connectivity index (χ4n) is 2.18. The van der Waals surface area contributed by atoms with E-state index >= 15 is 0 Å². The van der Waals surface area contributed by atoms with E-state index in [0.717, 1.165) is 31.8 Å². The Morgan fingerprint density at radius 3 is 3.00 bits per heavy atom. The minimum Gasteiger partial charge on any atom is -0.493 e. The summed E-state index contributed by atoms with van der Waals surface area (Å²) in [6.07, 6.45) is 4.62. The van der Waals surface area contributed by atoms with Gasteiger partial charge in [0.2, 0.25) is 0 Å². The van der Waals surface area contributed by atoms with E-state index in [9.17, 15) is 0 Å². The molecule has 0 spiro atoms. The minimum absolute atomic E-state index is 0.400. The molecule has 17 heavy (non-hydrogen) atoms. The van der Waals surface area contributed by atoms with Crippen LogP contribution in [0.2, 0.25) is 0 Å². The molecule has 94 valence electrons. The normalized spacial score (nSPS) is 19.5. The molecule has 1 aliphatic rings. The van der Waals surface area contributed by atoms with Gasteiger partial charge in [-0.1, -0.05) is 18.2 Å². The molecular formula is C14H21NO2. The van der Waals surface area contributed by atoms with Crippen molar-refractivity contribution < 1.29 is 9.47 Å². The second kappa shape index (κ2) is 6.62. The third kappa shape index (κ3) is 3.72. The van der Waals surface area contributed by atoms with Crippen LogP contribution in [-0.4, -0.2) is 25.9 Å². The first-order valence-corrected chi connectivity index (χ1v) is 6.42. The van der Waals surface area contributed by atoms with E-state index in [4.69, 9.17) is 15.2 Å². The van der Waals surface area contributed by atoms with E-state index in [1.807, 2.05) is 18.2 Å². The summed E-state index contributed by atoms with van der Waals surface area (Å²) in [6, 6.07) is 8.12. The van der Waals surface area contributed by atoms with Crippen LogP contribution in [0.15, 0.2) is 24.3 Å². The lowest BCUT2D eigenvalue weighted by molar-refractivity contribution is 0.0902. The van der Waals surface area contributed by atoms with E-state index in [2.05, 4.69) is 6.07 Å². The van der Waals surface area contributed by atoms with Gasteiger partial charge in [-0.15, -0.1) is 0 Å². The number of hydrogen-bond donors (Lipinski definition) is 1. The van der Waals surface area contributed by atoms with Gasteiger partial charge in [0, 0.05) is 13.0 Å². The molecule has 3 nitrogen and oxygen atoms in total. The number of hydrogen-bond acceptors (Lipinski definition) is 3. The summed E-state index contributed by atoms with van der Waals surface area (Å²) in [4.78, 5) is 0. The summed E-state index contributed by atoms with van der Waals surface area (Å²) in [7, 11) is 0. The lowest BCUT2D eigenvalue weighted by Gasteiger charge is -2.13. The molecule has 0 bridgehead atoms. The third-order valence-corrected chi connectivity index (χ3v) is 3.11. The molecule has 3 heteroatoms. The summed E-state index contributed by atoms with van der Waals surface area (Å²) in [6.45, 7) is 2.30. The van der Waals surface area contributed by atoms with Gasteiger partial charge in [0.1, 0.15) is 5.75 Å². The van der Waals surface area contributed by atoms with Crippen molar-refractivity contribution in [3.8, 4) is 5.75 Å². The molecule has 1 atom stereocenters. The smallest absolute Gasteiger partial charge is 0.122 e. The van der Waals surface area contributed by atoms with Crippen LogP contribution in [0.4, 0.5) is 0 Å². The largest absolute Gasteiger partial charge is 0.493 e. The van der Waals surface area contributed by atoms with Crippen LogP contribution in [0.3, 0.4) is 0 Å². The maximum atomic E-state index is 5.82. The molecule has 1 aromatic carbocycles. The standard InChI is InChI=1S/C14H21NO2/c15-9-7-12-4-1-2-6-14(12)17-11-8-13-5-3-10-16-13/h1-2,4,6,13H,3,5,7-11,15H2. The van der Waals surface area contributed by atoms with Gasteiger partial charge in [-0.25, -0.2) is 0 Å². The quantitative estimate of drug-likeness (QED) is 0.821. The van der Waals surface area contributed by atoms with Gasteiger partial charge in [0.25, 0.3) is 0 Å². The molecule has 2 rings (SSSR count). The zero-order chi connectivity index (χ0) is 11.9. The SMILES string of the molecule is NCCc1ccccc1OCCC1CCCO1. The van der Waals surface area contributed by atoms with Crippen LogP contribution >= 0.6 is 0 Å². The Morgan fingerprint density at radius 2 is 2.24 bits per heavy atom. The van der Waals surface area contributed by atoms with Crippen molar-refractivity contribution in [3.05, 3.63) is 29.8 Å². The average molecular weight is 235 g/mol. The highest BCUT2D eigenvalue weighted by molar-refractivity contribution is 5.33. The summed E-state index contributed by atoms with van der Waals surface area (Å²) in [5.74, 6) is 0.968. The fraction of sp³-hybridized carbons (Fsp3) is 0.571. The van der Waals surface area contributed by atoms with Crippen molar-refractivity contribution in [2.24, 2.45) is 5.73 Å². The van der Waals surface area contributed by atoms with Gasteiger partial charge < -0.3 is 15.2 Å². The molecule has 1 heterocycles. The lowest BCUT2D eigenvalue weighted by atomic mass is 10.1.